The molecule has 2 heterocycles. The Bertz CT molecular complexity index is 1590. The van der Waals surface area contributed by atoms with Crippen LogP contribution in [-0.4, -0.2) is 47.9 Å². The van der Waals surface area contributed by atoms with Crippen LogP contribution in [0.3, 0.4) is 0 Å². The van der Waals surface area contributed by atoms with E-state index in [1.165, 1.54) is 12.1 Å². The van der Waals surface area contributed by atoms with E-state index in [-0.39, 0.29) is 11.7 Å². The molecule has 0 radical (unpaired) electrons. The number of amides is 1. The molecule has 2 atom stereocenters. The summed E-state index contributed by atoms with van der Waals surface area (Å²) in [5.74, 6) is -0.496. The number of ether oxygens (including phenoxy) is 1. The first-order valence-corrected chi connectivity index (χ1v) is 14.9. The molecule has 3 aromatic carbocycles. The summed E-state index contributed by atoms with van der Waals surface area (Å²) in [6.07, 6.45) is 2.14. The fourth-order valence-electron chi connectivity index (χ4n) is 4.47. The lowest BCUT2D eigenvalue weighted by molar-refractivity contribution is -0.130. The molecule has 39 heavy (non-hydrogen) atoms. The summed E-state index contributed by atoms with van der Waals surface area (Å²) >= 11 is 3.45. The molecule has 1 aliphatic rings. The Balaban J connectivity index is 1.46. The summed E-state index contributed by atoms with van der Waals surface area (Å²) in [5, 5.41) is 4.80. The smallest absolute Gasteiger partial charge is 0.253 e. The second-order valence-electron chi connectivity index (χ2n) is 9.34. The summed E-state index contributed by atoms with van der Waals surface area (Å²) in [6, 6.07) is 20.7. The van der Waals surface area contributed by atoms with E-state index in [9.17, 15) is 17.6 Å². The molecule has 1 aliphatic heterocycles. The normalized spacial score (nSPS) is 17.5. The minimum Gasteiger partial charge on any atom is -0.341 e. The molecule has 1 amide bonds. The third kappa shape index (κ3) is 6.21. The Labute approximate surface area is 234 Å². The molecule has 0 aliphatic carbocycles. The number of aromatic nitrogens is 2. The number of hydrogen-bond acceptors (Lipinski definition) is 5. The largest absolute Gasteiger partial charge is 0.341 e. The number of rotatable bonds is 8. The number of nitrogens with zero attached hydrogens (tertiary/aromatic N) is 3. The van der Waals surface area contributed by atoms with Crippen molar-refractivity contribution in [1.82, 2.24) is 14.7 Å². The highest BCUT2D eigenvalue weighted by Gasteiger charge is 2.40. The summed E-state index contributed by atoms with van der Waals surface area (Å²) in [7, 11) is -3.37. The molecule has 0 spiro atoms. The van der Waals surface area contributed by atoms with Crippen LogP contribution in [0.2, 0.25) is 0 Å². The van der Waals surface area contributed by atoms with Gasteiger partial charge in [0.1, 0.15) is 17.6 Å². The lowest BCUT2D eigenvalue weighted by atomic mass is 10.1. The van der Waals surface area contributed by atoms with Gasteiger partial charge < -0.3 is 9.64 Å². The molecule has 1 N–H and O–H groups in total. The van der Waals surface area contributed by atoms with Crippen molar-refractivity contribution in [3.05, 3.63) is 100 Å². The first-order valence-electron chi connectivity index (χ1n) is 12.2. The van der Waals surface area contributed by atoms with E-state index >= 15 is 0 Å². The molecular formula is C28H26BrFN4O4S. The second-order valence-corrected chi connectivity index (χ2v) is 12.0. The average molecular weight is 614 g/mol. The molecule has 4 aromatic rings. The SMILES string of the molecule is C[C@@H]1O[C@H](c2cn(-c3ccc(Br)cc3)nc2-c2ccc(F)cc2)N(CCc2ccc(NS(C)(=O)=O)cc2)C1=O. The van der Waals surface area contributed by atoms with Gasteiger partial charge in [0.2, 0.25) is 10.0 Å². The van der Waals surface area contributed by atoms with E-state index in [0.717, 1.165) is 22.0 Å². The van der Waals surface area contributed by atoms with Gasteiger partial charge in [0.25, 0.3) is 5.91 Å². The number of halogens is 2. The van der Waals surface area contributed by atoms with Crippen LogP contribution in [-0.2, 0) is 26.0 Å². The van der Waals surface area contributed by atoms with E-state index < -0.39 is 22.4 Å². The third-order valence-electron chi connectivity index (χ3n) is 6.36. The minimum absolute atomic E-state index is 0.142. The zero-order valence-electron chi connectivity index (χ0n) is 21.2. The van der Waals surface area contributed by atoms with Gasteiger partial charge in [0.15, 0.2) is 6.23 Å². The summed E-state index contributed by atoms with van der Waals surface area (Å²) in [4.78, 5) is 14.9. The number of carbonyl (C=O) groups is 1. The Hall–Kier alpha value is -3.54. The van der Waals surface area contributed by atoms with E-state index in [1.807, 2.05) is 42.6 Å². The molecular weight excluding hydrogens is 587 g/mol. The third-order valence-corrected chi connectivity index (χ3v) is 7.50. The first kappa shape index (κ1) is 27.0. The van der Waals surface area contributed by atoms with Gasteiger partial charge in [-0.05, 0) is 79.6 Å². The maximum absolute atomic E-state index is 13.7. The highest BCUT2D eigenvalue weighted by Crippen LogP contribution is 2.37. The molecule has 8 nitrogen and oxygen atoms in total. The monoisotopic (exact) mass is 612 g/mol. The van der Waals surface area contributed by atoms with Crippen molar-refractivity contribution in [2.24, 2.45) is 0 Å². The second kappa shape index (κ2) is 10.9. The standard InChI is InChI=1S/C28H26BrFN4O4S/c1-18-27(35)33(16-15-19-3-11-23(12-4-19)32-39(2,36)37)28(38-18)25-17-34(24-13-7-21(29)8-14-24)31-26(25)20-5-9-22(30)10-6-20/h3-14,17-18,28,32H,15-16H2,1-2H3/t18-,28+/m0/s1. The molecule has 0 unspecified atom stereocenters. The number of anilines is 1. The topological polar surface area (TPSA) is 93.5 Å². The maximum Gasteiger partial charge on any atom is 0.253 e. The zero-order chi connectivity index (χ0) is 27.7. The predicted octanol–water partition coefficient (Wildman–Crippen LogP) is 5.30. The quantitative estimate of drug-likeness (QED) is 0.291. The number of hydrogen-bond donors (Lipinski definition) is 1. The van der Waals surface area contributed by atoms with Crippen molar-refractivity contribution in [1.29, 1.82) is 0 Å². The van der Waals surface area contributed by atoms with Crippen molar-refractivity contribution in [2.45, 2.75) is 25.7 Å². The van der Waals surface area contributed by atoms with E-state index in [1.54, 1.807) is 40.8 Å². The van der Waals surface area contributed by atoms with Crippen LogP contribution in [0.5, 0.6) is 0 Å². The van der Waals surface area contributed by atoms with Crippen LogP contribution >= 0.6 is 15.9 Å². The molecule has 202 valence electrons. The van der Waals surface area contributed by atoms with E-state index in [2.05, 4.69) is 20.7 Å². The van der Waals surface area contributed by atoms with Crippen molar-refractivity contribution in [3.63, 3.8) is 0 Å². The number of sulfonamides is 1. The Kier molecular flexibility index (Phi) is 7.57. The van der Waals surface area contributed by atoms with Gasteiger partial charge in [0.05, 0.1) is 11.9 Å². The van der Waals surface area contributed by atoms with Gasteiger partial charge in [-0.1, -0.05) is 28.1 Å². The number of carbonyl (C=O) groups excluding carboxylic acids is 1. The lowest BCUT2D eigenvalue weighted by Crippen LogP contribution is -2.32. The average Bonchev–Trinajstić information content (AvgIpc) is 3.45. The highest BCUT2D eigenvalue weighted by molar-refractivity contribution is 9.10. The van der Waals surface area contributed by atoms with Crippen LogP contribution in [0.4, 0.5) is 10.1 Å². The maximum atomic E-state index is 13.7. The highest BCUT2D eigenvalue weighted by atomic mass is 79.9. The molecule has 0 saturated carbocycles. The van der Waals surface area contributed by atoms with Crippen molar-refractivity contribution < 1.29 is 22.3 Å². The Morgan fingerprint density at radius 3 is 2.33 bits per heavy atom. The van der Waals surface area contributed by atoms with E-state index in [4.69, 9.17) is 9.84 Å². The fourth-order valence-corrected chi connectivity index (χ4v) is 5.30. The van der Waals surface area contributed by atoms with Crippen molar-refractivity contribution in [2.75, 3.05) is 17.5 Å². The molecule has 1 aromatic heterocycles. The fraction of sp³-hybridized carbons (Fsp3) is 0.214. The minimum atomic E-state index is -3.37. The molecule has 1 fully saturated rings. The van der Waals surface area contributed by atoms with Gasteiger partial charge in [0, 0.05) is 34.0 Å². The van der Waals surface area contributed by atoms with Gasteiger partial charge in [-0.15, -0.1) is 0 Å². The zero-order valence-corrected chi connectivity index (χ0v) is 23.6. The molecule has 5 rings (SSSR count). The van der Waals surface area contributed by atoms with Crippen LogP contribution in [0.25, 0.3) is 16.9 Å². The van der Waals surface area contributed by atoms with Crippen LogP contribution < -0.4 is 4.72 Å². The van der Waals surface area contributed by atoms with Crippen molar-refractivity contribution in [3.8, 4) is 16.9 Å². The van der Waals surface area contributed by atoms with Gasteiger partial charge in [-0.25, -0.2) is 17.5 Å². The molecule has 1 saturated heterocycles. The first-order chi connectivity index (χ1) is 18.6. The predicted molar refractivity (Wildman–Crippen MR) is 150 cm³/mol. The summed E-state index contributed by atoms with van der Waals surface area (Å²) in [6.45, 7) is 2.09. The molecule has 0 bridgehead atoms. The Morgan fingerprint density at radius 1 is 1.03 bits per heavy atom. The van der Waals surface area contributed by atoms with Crippen LogP contribution in [0.1, 0.15) is 24.3 Å². The van der Waals surface area contributed by atoms with Gasteiger partial charge in [-0.2, -0.15) is 5.10 Å². The number of benzene rings is 3. The summed E-state index contributed by atoms with van der Waals surface area (Å²) in [5.41, 5.74) is 4.20. The van der Waals surface area contributed by atoms with Crippen LogP contribution in [0, 0.1) is 5.82 Å². The van der Waals surface area contributed by atoms with Crippen molar-refractivity contribution >= 4 is 37.5 Å². The van der Waals surface area contributed by atoms with E-state index in [0.29, 0.717) is 35.5 Å². The van der Waals surface area contributed by atoms with Gasteiger partial charge >= 0.3 is 0 Å². The number of nitrogens with one attached hydrogen (secondary N) is 1. The summed E-state index contributed by atoms with van der Waals surface area (Å²) < 4.78 is 47.9. The lowest BCUT2D eigenvalue weighted by Gasteiger charge is -2.23. The van der Waals surface area contributed by atoms with Crippen LogP contribution in [0.15, 0.2) is 83.5 Å². The van der Waals surface area contributed by atoms with Gasteiger partial charge in [-0.3, -0.25) is 9.52 Å². The molecule has 11 heteroatoms. The Morgan fingerprint density at radius 2 is 1.69 bits per heavy atom.